The third kappa shape index (κ3) is 23.5. The summed E-state index contributed by atoms with van der Waals surface area (Å²) in [7, 11) is -3.67. The Labute approximate surface area is 97.9 Å². The summed E-state index contributed by atoms with van der Waals surface area (Å²) in [4.78, 5) is 5.26. The zero-order chi connectivity index (χ0) is 13.0. The molecule has 100 valence electrons. The summed E-state index contributed by atoms with van der Waals surface area (Å²) in [6, 6.07) is 0. The van der Waals surface area contributed by atoms with Gasteiger partial charge in [-0.2, -0.15) is 13.5 Å². The van der Waals surface area contributed by atoms with E-state index in [9.17, 15) is 8.42 Å². The van der Waals surface area contributed by atoms with Gasteiger partial charge >= 0.3 is 0 Å². The molecule has 0 aliphatic carbocycles. The molecule has 0 aromatic carbocycles. The number of rotatable bonds is 7. The van der Waals surface area contributed by atoms with Crippen LogP contribution in [-0.4, -0.2) is 55.7 Å². The van der Waals surface area contributed by atoms with Gasteiger partial charge < -0.3 is 5.11 Å². The second-order valence-electron chi connectivity index (χ2n) is 3.22. The molecule has 0 bridgehead atoms. The number of hydroxylamine groups is 2. The van der Waals surface area contributed by atoms with Crippen LogP contribution < -0.4 is 0 Å². The Kier molecular flexibility index (Phi) is 12.8. The average molecular weight is 257 g/mol. The summed E-state index contributed by atoms with van der Waals surface area (Å²) in [6.07, 6.45) is 2.89. The molecule has 0 amide bonds. The van der Waals surface area contributed by atoms with Crippen molar-refractivity contribution in [2.75, 3.05) is 32.6 Å². The minimum Gasteiger partial charge on any atom is -0.394 e. The summed E-state index contributed by atoms with van der Waals surface area (Å²) in [5, 5.41) is 10.4. The van der Waals surface area contributed by atoms with Crippen molar-refractivity contribution >= 4 is 10.1 Å². The maximum absolute atomic E-state index is 9.19. The van der Waals surface area contributed by atoms with Gasteiger partial charge in [-0.25, -0.2) is 0 Å². The van der Waals surface area contributed by atoms with Crippen molar-refractivity contribution in [1.29, 1.82) is 0 Å². The first kappa shape index (κ1) is 18.2. The van der Waals surface area contributed by atoms with Gasteiger partial charge in [0.05, 0.1) is 19.5 Å². The highest BCUT2D eigenvalue weighted by Crippen LogP contribution is 1.94. The number of hydrogen-bond acceptors (Lipinski definition) is 5. The van der Waals surface area contributed by atoms with E-state index in [4.69, 9.17) is 14.5 Å². The summed E-state index contributed by atoms with van der Waals surface area (Å²) in [6.45, 7) is 6.65. The number of nitrogens with zero attached hydrogens (tertiary/aromatic N) is 1. The molecule has 0 rings (SSSR count). The first-order chi connectivity index (χ1) is 7.35. The lowest BCUT2D eigenvalue weighted by atomic mass is 10.4. The lowest BCUT2D eigenvalue weighted by Gasteiger charge is -2.19. The third-order valence-corrected chi connectivity index (χ3v) is 1.31. The van der Waals surface area contributed by atoms with Gasteiger partial charge in [0, 0.05) is 13.1 Å². The fourth-order valence-electron chi connectivity index (χ4n) is 0.910. The van der Waals surface area contributed by atoms with Gasteiger partial charge in [0.1, 0.15) is 0 Å². The molecular weight excluding hydrogens is 234 g/mol. The predicted octanol–water partition coefficient (Wildman–Crippen LogP) is 0.536. The maximum Gasteiger partial charge on any atom is 0.261 e. The molecule has 0 heterocycles. The molecule has 0 radical (unpaired) electrons. The monoisotopic (exact) mass is 257 g/mol. The van der Waals surface area contributed by atoms with Crippen molar-refractivity contribution in [3.63, 3.8) is 0 Å². The van der Waals surface area contributed by atoms with Crippen molar-refractivity contribution in [3.05, 3.63) is 0 Å². The summed E-state index contributed by atoms with van der Waals surface area (Å²) in [5.74, 6) is 0. The molecule has 16 heavy (non-hydrogen) atoms. The molecule has 0 aliphatic heterocycles. The lowest BCUT2D eigenvalue weighted by molar-refractivity contribution is -0.165. The molecule has 0 unspecified atom stereocenters. The van der Waals surface area contributed by atoms with Crippen LogP contribution in [0.5, 0.6) is 0 Å². The molecule has 0 saturated heterocycles. The van der Waals surface area contributed by atoms with Gasteiger partial charge in [0.2, 0.25) is 0 Å². The molecular formula is C9H23NO5S. The van der Waals surface area contributed by atoms with Crippen LogP contribution in [0.1, 0.15) is 26.7 Å². The van der Waals surface area contributed by atoms with Crippen LogP contribution in [0.3, 0.4) is 0 Å². The zero-order valence-electron chi connectivity index (χ0n) is 10.2. The van der Waals surface area contributed by atoms with Crippen LogP contribution in [0.15, 0.2) is 0 Å². The highest BCUT2D eigenvalue weighted by Gasteiger charge is 2.00. The van der Waals surface area contributed by atoms with Crippen LogP contribution in [0.2, 0.25) is 0 Å². The first-order valence-corrected chi connectivity index (χ1v) is 7.11. The van der Waals surface area contributed by atoms with Crippen molar-refractivity contribution in [3.8, 4) is 0 Å². The lowest BCUT2D eigenvalue weighted by Crippen LogP contribution is -2.27. The molecule has 0 aromatic heterocycles. The minimum absolute atomic E-state index is 0.101. The normalized spacial score (nSPS) is 11.1. The number of aliphatic hydroxyl groups excluding tert-OH is 1. The first-order valence-electron chi connectivity index (χ1n) is 5.26. The molecule has 0 atom stereocenters. The second-order valence-corrected chi connectivity index (χ2v) is 4.68. The smallest absolute Gasteiger partial charge is 0.261 e. The van der Waals surface area contributed by atoms with Crippen LogP contribution in [0, 0.1) is 0 Å². The predicted molar refractivity (Wildman–Crippen MR) is 62.7 cm³/mol. The van der Waals surface area contributed by atoms with Crippen LogP contribution >= 0.6 is 0 Å². The Hall–Kier alpha value is -0.210. The fourth-order valence-corrected chi connectivity index (χ4v) is 0.910. The van der Waals surface area contributed by atoms with Crippen molar-refractivity contribution in [1.82, 2.24) is 5.06 Å². The van der Waals surface area contributed by atoms with E-state index in [0.29, 0.717) is 12.9 Å². The van der Waals surface area contributed by atoms with Crippen molar-refractivity contribution in [2.24, 2.45) is 0 Å². The molecule has 0 aromatic rings. The van der Waals surface area contributed by atoms with Crippen LogP contribution in [0.4, 0.5) is 0 Å². The second kappa shape index (κ2) is 11.3. The van der Waals surface area contributed by atoms with E-state index in [1.54, 1.807) is 0 Å². The van der Waals surface area contributed by atoms with Gasteiger partial charge in [-0.15, -0.1) is 0 Å². The van der Waals surface area contributed by atoms with Crippen molar-refractivity contribution < 1.29 is 22.9 Å². The standard InChI is InChI=1S/C8H19NO2.CH4O3S/c1-3-5-9(6-4-2)11-8-7-10;1-5(2,3)4/h10H,3-8H2,1-2H3;1H3,(H,2,3,4). The van der Waals surface area contributed by atoms with Crippen LogP contribution in [-0.2, 0) is 15.0 Å². The number of aliphatic hydroxyl groups is 1. The molecule has 0 fully saturated rings. The van der Waals surface area contributed by atoms with E-state index < -0.39 is 10.1 Å². The van der Waals surface area contributed by atoms with Crippen LogP contribution in [0.25, 0.3) is 0 Å². The molecule has 7 heteroatoms. The van der Waals surface area contributed by atoms with E-state index in [0.717, 1.165) is 25.9 Å². The number of hydrogen-bond donors (Lipinski definition) is 2. The molecule has 0 saturated carbocycles. The quantitative estimate of drug-likeness (QED) is 0.511. The Bertz CT molecular complexity index is 216. The SMILES string of the molecule is CCCN(CCC)OCCO.CS(=O)(=O)O. The van der Waals surface area contributed by atoms with E-state index in [1.165, 1.54) is 0 Å². The third-order valence-electron chi connectivity index (χ3n) is 1.31. The Morgan fingerprint density at radius 1 is 1.19 bits per heavy atom. The van der Waals surface area contributed by atoms with E-state index in [2.05, 4.69) is 13.8 Å². The highest BCUT2D eigenvalue weighted by atomic mass is 32.2. The maximum atomic E-state index is 9.19. The molecule has 0 spiro atoms. The Morgan fingerprint density at radius 2 is 1.56 bits per heavy atom. The van der Waals surface area contributed by atoms with Gasteiger partial charge in [-0.3, -0.25) is 9.39 Å². The summed E-state index contributed by atoms with van der Waals surface area (Å²) < 4.78 is 25.9. The molecule has 2 N–H and O–H groups in total. The zero-order valence-corrected chi connectivity index (χ0v) is 11.0. The van der Waals surface area contributed by atoms with E-state index >= 15 is 0 Å². The van der Waals surface area contributed by atoms with Crippen molar-refractivity contribution in [2.45, 2.75) is 26.7 Å². The van der Waals surface area contributed by atoms with Gasteiger partial charge in [0.25, 0.3) is 10.1 Å². The largest absolute Gasteiger partial charge is 0.394 e. The molecule has 0 aliphatic rings. The molecule has 6 nitrogen and oxygen atoms in total. The Balaban J connectivity index is 0. The van der Waals surface area contributed by atoms with E-state index in [1.807, 2.05) is 5.06 Å². The van der Waals surface area contributed by atoms with Gasteiger partial charge in [-0.1, -0.05) is 13.8 Å². The van der Waals surface area contributed by atoms with Gasteiger partial charge in [0.15, 0.2) is 0 Å². The summed E-state index contributed by atoms with van der Waals surface area (Å²) >= 11 is 0. The average Bonchev–Trinajstić information content (AvgIpc) is 2.12. The Morgan fingerprint density at radius 3 is 1.81 bits per heavy atom. The minimum atomic E-state index is -3.67. The topological polar surface area (TPSA) is 87.1 Å². The summed E-state index contributed by atoms with van der Waals surface area (Å²) in [5.41, 5.74) is 0. The van der Waals surface area contributed by atoms with E-state index in [-0.39, 0.29) is 6.61 Å². The van der Waals surface area contributed by atoms with Gasteiger partial charge in [-0.05, 0) is 12.8 Å². The highest BCUT2D eigenvalue weighted by molar-refractivity contribution is 7.85. The fraction of sp³-hybridized carbons (Fsp3) is 1.00.